The zero-order valence-corrected chi connectivity index (χ0v) is 23.2. The van der Waals surface area contributed by atoms with Gasteiger partial charge in [0.2, 0.25) is 0 Å². The van der Waals surface area contributed by atoms with Gasteiger partial charge in [-0.3, -0.25) is 9.59 Å². The fourth-order valence-electron chi connectivity index (χ4n) is 7.54. The first kappa shape index (κ1) is 29.1. The maximum Gasteiger partial charge on any atom is 0.310 e. The van der Waals surface area contributed by atoms with E-state index in [2.05, 4.69) is 66.0 Å². The molecular formula is C28H52N2O4. The maximum absolute atomic E-state index is 13.9. The summed E-state index contributed by atoms with van der Waals surface area (Å²) < 4.78 is 6.43. The Morgan fingerprint density at radius 1 is 0.853 bits per heavy atom. The minimum absolute atomic E-state index is 0.0169. The number of hydrogen-bond acceptors (Lipinski definition) is 5. The van der Waals surface area contributed by atoms with E-state index in [0.29, 0.717) is 12.1 Å². The van der Waals surface area contributed by atoms with Crippen molar-refractivity contribution in [2.75, 3.05) is 0 Å². The zero-order valence-electron chi connectivity index (χ0n) is 23.2. The van der Waals surface area contributed by atoms with E-state index in [1.807, 2.05) is 0 Å². The third kappa shape index (κ3) is 8.82. The molecule has 2 rings (SSSR count). The summed E-state index contributed by atoms with van der Waals surface area (Å²) in [5.74, 6) is -0.867. The SMILES string of the molecule is CC1CC(C)(OC(=O)C(CCCCCCCC(=O)O)C2(C)CC(C)NC(C)(C)C2)CC(C)(C)N1. The summed E-state index contributed by atoms with van der Waals surface area (Å²) in [5.41, 5.74) is -0.645. The van der Waals surface area contributed by atoms with Gasteiger partial charge >= 0.3 is 11.9 Å². The van der Waals surface area contributed by atoms with Gasteiger partial charge in [-0.25, -0.2) is 0 Å². The van der Waals surface area contributed by atoms with Crippen LogP contribution in [0.4, 0.5) is 0 Å². The van der Waals surface area contributed by atoms with Crippen LogP contribution in [-0.2, 0) is 14.3 Å². The Hall–Kier alpha value is -1.14. The standard InChI is InChI=1S/C28H52N2O4/c1-20-16-27(7,18-25(3,4)29-20)22(14-12-10-9-11-13-15-23(31)32)24(33)34-28(8)17-21(2)30-26(5,6)19-28/h20-22,29-30H,9-19H2,1-8H3,(H,31,32). The smallest absolute Gasteiger partial charge is 0.310 e. The van der Waals surface area contributed by atoms with Crippen molar-refractivity contribution >= 4 is 11.9 Å². The molecule has 2 saturated heterocycles. The highest BCUT2D eigenvalue weighted by atomic mass is 16.6. The van der Waals surface area contributed by atoms with Crippen molar-refractivity contribution in [1.29, 1.82) is 0 Å². The fourth-order valence-corrected chi connectivity index (χ4v) is 7.54. The van der Waals surface area contributed by atoms with Crippen LogP contribution in [0.2, 0.25) is 0 Å². The van der Waals surface area contributed by atoms with Crippen LogP contribution >= 0.6 is 0 Å². The fraction of sp³-hybridized carbons (Fsp3) is 0.929. The van der Waals surface area contributed by atoms with Gasteiger partial charge < -0.3 is 20.5 Å². The molecule has 0 aromatic heterocycles. The van der Waals surface area contributed by atoms with Gasteiger partial charge in [-0.2, -0.15) is 0 Å². The molecule has 2 fully saturated rings. The average Bonchev–Trinajstić information content (AvgIpc) is 2.58. The van der Waals surface area contributed by atoms with E-state index in [-0.39, 0.29) is 34.8 Å². The molecule has 0 radical (unpaired) electrons. The predicted molar refractivity (Wildman–Crippen MR) is 138 cm³/mol. The first-order valence-corrected chi connectivity index (χ1v) is 13.5. The number of ether oxygens (including phenoxy) is 1. The van der Waals surface area contributed by atoms with Crippen molar-refractivity contribution in [3.8, 4) is 0 Å². The van der Waals surface area contributed by atoms with E-state index in [1.54, 1.807) is 0 Å². The number of unbranched alkanes of at least 4 members (excludes halogenated alkanes) is 4. The molecule has 0 spiro atoms. The van der Waals surface area contributed by atoms with E-state index < -0.39 is 11.6 Å². The van der Waals surface area contributed by atoms with Crippen LogP contribution in [0.25, 0.3) is 0 Å². The Balaban J connectivity index is 2.11. The highest BCUT2D eigenvalue weighted by Crippen LogP contribution is 2.47. The third-order valence-electron chi connectivity index (χ3n) is 7.80. The minimum Gasteiger partial charge on any atom is -0.481 e. The second-order valence-corrected chi connectivity index (χ2v) is 13.4. The molecule has 0 saturated carbocycles. The maximum atomic E-state index is 13.9. The second-order valence-electron chi connectivity index (χ2n) is 13.4. The lowest BCUT2D eigenvalue weighted by Gasteiger charge is -2.51. The molecule has 0 aliphatic carbocycles. The Bertz CT molecular complexity index is 707. The zero-order chi connectivity index (χ0) is 25.8. The highest BCUT2D eigenvalue weighted by molar-refractivity contribution is 5.74. The number of piperidine rings is 2. The molecular weight excluding hydrogens is 428 g/mol. The number of nitrogens with one attached hydrogen (secondary N) is 2. The van der Waals surface area contributed by atoms with Gasteiger partial charge in [0.1, 0.15) is 5.60 Å². The van der Waals surface area contributed by atoms with Crippen molar-refractivity contribution in [1.82, 2.24) is 10.6 Å². The van der Waals surface area contributed by atoms with Crippen LogP contribution in [0.5, 0.6) is 0 Å². The summed E-state index contributed by atoms with van der Waals surface area (Å²) in [6, 6.07) is 0.660. The van der Waals surface area contributed by atoms with Crippen molar-refractivity contribution < 1.29 is 19.4 Å². The molecule has 0 bridgehead atoms. The Morgan fingerprint density at radius 2 is 1.38 bits per heavy atom. The van der Waals surface area contributed by atoms with Gasteiger partial charge in [0.15, 0.2) is 0 Å². The molecule has 34 heavy (non-hydrogen) atoms. The molecule has 2 heterocycles. The number of carbonyl (C=O) groups excluding carboxylic acids is 1. The number of carbonyl (C=O) groups is 2. The lowest BCUT2D eigenvalue weighted by Crippen LogP contribution is -2.59. The van der Waals surface area contributed by atoms with E-state index in [9.17, 15) is 9.59 Å². The molecule has 0 aromatic rings. The molecule has 0 amide bonds. The number of hydrogen-bond donors (Lipinski definition) is 3. The molecule has 3 N–H and O–H groups in total. The predicted octanol–water partition coefficient (Wildman–Crippen LogP) is 5.83. The molecule has 6 nitrogen and oxygen atoms in total. The lowest BCUT2D eigenvalue weighted by molar-refractivity contribution is -0.176. The molecule has 5 atom stereocenters. The van der Waals surface area contributed by atoms with Crippen molar-refractivity contribution in [2.45, 2.75) is 155 Å². The van der Waals surface area contributed by atoms with Crippen LogP contribution in [0.15, 0.2) is 0 Å². The van der Waals surface area contributed by atoms with E-state index >= 15 is 0 Å². The Labute approximate surface area is 208 Å². The van der Waals surface area contributed by atoms with Crippen molar-refractivity contribution in [3.63, 3.8) is 0 Å². The number of aliphatic carboxylic acids is 1. The van der Waals surface area contributed by atoms with Crippen LogP contribution in [0.1, 0.15) is 126 Å². The van der Waals surface area contributed by atoms with Crippen molar-refractivity contribution in [3.05, 3.63) is 0 Å². The first-order valence-electron chi connectivity index (χ1n) is 13.5. The van der Waals surface area contributed by atoms with E-state index in [4.69, 9.17) is 9.84 Å². The normalized spacial score (nSPS) is 33.8. The second kappa shape index (κ2) is 11.3. The number of carboxylic acids is 1. The quantitative estimate of drug-likeness (QED) is 0.255. The summed E-state index contributed by atoms with van der Waals surface area (Å²) >= 11 is 0. The van der Waals surface area contributed by atoms with Gasteiger partial charge in [-0.05, 0) is 79.6 Å². The van der Waals surface area contributed by atoms with Crippen LogP contribution in [0.3, 0.4) is 0 Å². The molecule has 198 valence electrons. The summed E-state index contributed by atoms with van der Waals surface area (Å²) in [5, 5.41) is 16.2. The number of rotatable bonds is 11. The van der Waals surface area contributed by atoms with Crippen LogP contribution in [-0.4, -0.2) is 45.8 Å². The number of carboxylic acid groups (broad SMARTS) is 1. The summed E-state index contributed by atoms with van der Waals surface area (Å²) in [7, 11) is 0. The van der Waals surface area contributed by atoms with Gasteiger partial charge in [0, 0.05) is 42.4 Å². The van der Waals surface area contributed by atoms with Crippen LogP contribution < -0.4 is 10.6 Å². The summed E-state index contributed by atoms with van der Waals surface area (Å²) in [4.78, 5) is 24.6. The molecule has 2 aliphatic rings. The summed E-state index contributed by atoms with van der Waals surface area (Å²) in [6.07, 6.45) is 9.33. The highest BCUT2D eigenvalue weighted by Gasteiger charge is 2.49. The monoisotopic (exact) mass is 480 g/mol. The van der Waals surface area contributed by atoms with Gasteiger partial charge in [-0.15, -0.1) is 0 Å². The van der Waals surface area contributed by atoms with Gasteiger partial charge in [0.25, 0.3) is 0 Å². The van der Waals surface area contributed by atoms with Crippen LogP contribution in [0, 0.1) is 11.3 Å². The van der Waals surface area contributed by atoms with E-state index in [0.717, 1.165) is 64.2 Å². The van der Waals surface area contributed by atoms with E-state index in [1.165, 1.54) is 0 Å². The Morgan fingerprint density at radius 3 is 1.94 bits per heavy atom. The lowest BCUT2D eigenvalue weighted by atomic mass is 9.62. The molecule has 0 aromatic carbocycles. The molecule has 2 aliphatic heterocycles. The number of esters is 1. The topological polar surface area (TPSA) is 87.7 Å². The molecule has 6 heteroatoms. The summed E-state index contributed by atoms with van der Waals surface area (Å²) in [6.45, 7) is 17.7. The van der Waals surface area contributed by atoms with Crippen molar-refractivity contribution in [2.24, 2.45) is 11.3 Å². The first-order chi connectivity index (χ1) is 15.5. The van der Waals surface area contributed by atoms with Gasteiger partial charge in [-0.1, -0.05) is 32.6 Å². The minimum atomic E-state index is -0.720. The Kier molecular flexibility index (Phi) is 9.65. The van der Waals surface area contributed by atoms with Gasteiger partial charge in [0.05, 0.1) is 5.92 Å². The average molecular weight is 481 g/mol. The third-order valence-corrected chi connectivity index (χ3v) is 7.80. The largest absolute Gasteiger partial charge is 0.481 e. The molecule has 5 unspecified atom stereocenters.